The number of amides is 3. The lowest BCUT2D eigenvalue weighted by molar-refractivity contribution is -0.133. The molecule has 2 aliphatic rings. The Kier molecular flexibility index (Phi) is 9.55. The number of halogens is 3. The molecule has 0 radical (unpaired) electrons. The van der Waals surface area contributed by atoms with Gasteiger partial charge in [-0.25, -0.2) is 27.2 Å². The maximum absolute atomic E-state index is 14.6. The van der Waals surface area contributed by atoms with Gasteiger partial charge in [0.1, 0.15) is 23.8 Å². The fraction of sp³-hybridized carbons (Fsp3) is 0.333. The molecular weight excluding hydrogens is 630 g/mol. The highest BCUT2D eigenvalue weighted by Gasteiger charge is 2.49. The maximum Gasteiger partial charge on any atom is 0.252 e. The van der Waals surface area contributed by atoms with Gasteiger partial charge in [-0.05, 0) is 36.8 Å². The Morgan fingerprint density at radius 1 is 1.18 bits per heavy atom. The number of carbonyl (C=O) groups is 3. The number of rotatable bonds is 8. The van der Waals surface area contributed by atoms with Crippen LogP contribution in [0.15, 0.2) is 65.7 Å². The number of aromatic nitrogens is 2. The molecule has 3 aromatic rings. The van der Waals surface area contributed by atoms with Gasteiger partial charge < -0.3 is 5.32 Å². The number of hydrogen-bond acceptors (Lipinski definition) is 8. The first-order valence-electron chi connectivity index (χ1n) is 13.4. The summed E-state index contributed by atoms with van der Waals surface area (Å²) in [5, 5.41) is 12.0. The molecule has 15 heteroatoms. The van der Waals surface area contributed by atoms with Gasteiger partial charge in [0.2, 0.25) is 17.8 Å². The van der Waals surface area contributed by atoms with E-state index in [4.69, 9.17) is 11.6 Å². The molecular formula is C30H29ClF2N6O5S. The molecule has 1 saturated carbocycles. The van der Waals surface area contributed by atoms with Gasteiger partial charge in [-0.2, -0.15) is 5.26 Å². The second kappa shape index (κ2) is 12.9. The molecule has 2 aromatic carbocycles. The van der Waals surface area contributed by atoms with Crippen LogP contribution in [0.3, 0.4) is 0 Å². The van der Waals surface area contributed by atoms with Crippen molar-refractivity contribution in [2.45, 2.75) is 62.1 Å². The normalized spacial score (nSPS) is 18.2. The topological polar surface area (TPSA) is 153 Å². The van der Waals surface area contributed by atoms with Crippen LogP contribution in [0.1, 0.15) is 50.4 Å². The smallest absolute Gasteiger partial charge is 0.252 e. The third kappa shape index (κ3) is 6.94. The summed E-state index contributed by atoms with van der Waals surface area (Å²) in [5.74, 6) is -5.31. The lowest BCUT2D eigenvalue weighted by Crippen LogP contribution is -2.56. The van der Waals surface area contributed by atoms with Gasteiger partial charge in [-0.1, -0.05) is 43.3 Å². The zero-order chi connectivity index (χ0) is 31.8. The van der Waals surface area contributed by atoms with Gasteiger partial charge in [0.25, 0.3) is 11.8 Å². The zero-order valence-corrected chi connectivity index (χ0v) is 24.7. The monoisotopic (exact) mass is 658 g/mol. The second-order valence-corrected chi connectivity index (χ2v) is 13.0. The summed E-state index contributed by atoms with van der Waals surface area (Å²) in [6, 6.07) is 10.9. The van der Waals surface area contributed by atoms with Crippen LogP contribution in [-0.2, 0) is 24.2 Å². The number of nitrogens with one attached hydrogen (secondary N) is 1. The highest BCUT2D eigenvalue weighted by Crippen LogP contribution is 2.40. The first kappa shape index (κ1) is 33.4. The number of anilines is 2. The van der Waals surface area contributed by atoms with Gasteiger partial charge in [0.05, 0.1) is 4.90 Å². The van der Waals surface area contributed by atoms with Crippen LogP contribution in [0.2, 0.25) is 5.02 Å². The number of carbonyl (C=O) groups excluding carboxylic acids is 3. The zero-order valence-electron chi connectivity index (χ0n) is 23.2. The highest BCUT2D eigenvalue weighted by atomic mass is 35.5. The van der Waals surface area contributed by atoms with Gasteiger partial charge in [0, 0.05) is 54.0 Å². The molecule has 5 rings (SSSR count). The first-order valence-corrected chi connectivity index (χ1v) is 15.7. The fourth-order valence-electron chi connectivity index (χ4n) is 5.26. The minimum absolute atomic E-state index is 0. The van der Waals surface area contributed by atoms with Crippen molar-refractivity contribution in [3.63, 3.8) is 0 Å². The van der Waals surface area contributed by atoms with Crippen LogP contribution in [-0.4, -0.2) is 60.4 Å². The molecule has 1 aliphatic heterocycles. The highest BCUT2D eigenvalue weighted by molar-refractivity contribution is 7.90. The third-order valence-electron chi connectivity index (χ3n) is 7.37. The van der Waals surface area contributed by atoms with Crippen molar-refractivity contribution in [1.82, 2.24) is 15.3 Å². The molecule has 0 bridgehead atoms. The Bertz CT molecular complexity index is 1790. The summed E-state index contributed by atoms with van der Waals surface area (Å²) >= 11 is 6.52. The van der Waals surface area contributed by atoms with Crippen LogP contribution in [0, 0.1) is 11.3 Å². The van der Waals surface area contributed by atoms with Crippen molar-refractivity contribution >= 4 is 50.8 Å². The van der Waals surface area contributed by atoms with Crippen LogP contribution < -0.4 is 15.1 Å². The fourth-order valence-corrected chi connectivity index (χ4v) is 6.16. The van der Waals surface area contributed by atoms with E-state index in [1.165, 1.54) is 48.7 Å². The summed E-state index contributed by atoms with van der Waals surface area (Å²) in [6.45, 7) is 0. The largest absolute Gasteiger partial charge is 0.351 e. The number of hydrogen-bond donors (Lipinski definition) is 1. The van der Waals surface area contributed by atoms with Gasteiger partial charge in [0.15, 0.2) is 9.84 Å². The molecule has 11 nitrogen and oxygen atoms in total. The molecule has 2 fully saturated rings. The van der Waals surface area contributed by atoms with Gasteiger partial charge in [-0.3, -0.25) is 24.2 Å². The SMILES string of the molecule is C.CS(=O)(=O)c1cccc(N(C(=O)[C@@H]2CCC(=O)N2c2nccc(C#N)n2)[C@H](C(=O)NC2CC(F)(F)C2)c2ccccc2Cl)c1. The minimum Gasteiger partial charge on any atom is -0.351 e. The Morgan fingerprint density at radius 2 is 1.89 bits per heavy atom. The molecule has 1 saturated heterocycles. The standard InChI is InChI=1S/C29H25ClF2N6O5S.CH4/c1-44(42,43)20-6-4-5-19(13-20)37(27(41)23-9-10-24(39)38(23)28-34-12-11-17(16-33)36-28)25(21-7-2-3-8-22(21)30)26(40)35-18-14-29(31,32)15-18;/h2-8,11-13,18,23,25H,9-10,14-15H2,1H3,(H,35,40);1H4/t23-,25-;/m0./s1. The second-order valence-electron chi connectivity index (χ2n) is 10.5. The average molecular weight is 659 g/mol. The van der Waals surface area contributed by atoms with E-state index in [1.54, 1.807) is 12.1 Å². The van der Waals surface area contributed by atoms with Crippen LogP contribution in [0.25, 0.3) is 0 Å². The summed E-state index contributed by atoms with van der Waals surface area (Å²) in [6.07, 6.45) is 0.936. The Balaban J connectivity index is 0.00000461. The number of nitriles is 1. The Hall–Kier alpha value is -4.48. The van der Waals surface area contributed by atoms with Crippen molar-refractivity contribution in [2.75, 3.05) is 16.1 Å². The van der Waals surface area contributed by atoms with Gasteiger partial charge in [-0.15, -0.1) is 0 Å². The molecule has 3 amide bonds. The van der Waals surface area contributed by atoms with Crippen LogP contribution in [0.5, 0.6) is 0 Å². The van der Waals surface area contributed by atoms with E-state index in [9.17, 15) is 36.8 Å². The molecule has 2 heterocycles. The van der Waals surface area contributed by atoms with Crippen molar-refractivity contribution in [3.8, 4) is 6.07 Å². The van der Waals surface area contributed by atoms with Crippen molar-refractivity contribution in [3.05, 3.63) is 77.1 Å². The van der Waals surface area contributed by atoms with E-state index in [0.717, 1.165) is 16.1 Å². The Morgan fingerprint density at radius 3 is 2.53 bits per heavy atom. The average Bonchev–Trinajstić information content (AvgIpc) is 3.36. The first-order chi connectivity index (χ1) is 20.8. The molecule has 1 N–H and O–H groups in total. The lowest BCUT2D eigenvalue weighted by atomic mass is 9.87. The van der Waals surface area contributed by atoms with E-state index in [-0.39, 0.29) is 53.1 Å². The molecule has 1 aromatic heterocycles. The van der Waals surface area contributed by atoms with Crippen molar-refractivity contribution < 1.29 is 31.6 Å². The predicted molar refractivity (Wildman–Crippen MR) is 161 cm³/mol. The number of sulfone groups is 1. The number of nitrogens with zero attached hydrogens (tertiary/aromatic N) is 5. The van der Waals surface area contributed by atoms with E-state index in [2.05, 4.69) is 15.3 Å². The molecule has 1 aliphatic carbocycles. The van der Waals surface area contributed by atoms with Crippen LogP contribution >= 0.6 is 11.6 Å². The number of benzene rings is 2. The van der Waals surface area contributed by atoms with Crippen molar-refractivity contribution in [2.24, 2.45) is 0 Å². The molecule has 0 spiro atoms. The van der Waals surface area contributed by atoms with E-state index in [1.807, 2.05) is 6.07 Å². The van der Waals surface area contributed by atoms with E-state index < -0.39 is 64.4 Å². The molecule has 0 unspecified atom stereocenters. The minimum atomic E-state index is -3.78. The third-order valence-corrected chi connectivity index (χ3v) is 8.83. The quantitative estimate of drug-likeness (QED) is 0.377. The maximum atomic E-state index is 14.6. The molecule has 45 heavy (non-hydrogen) atoms. The summed E-state index contributed by atoms with van der Waals surface area (Å²) in [4.78, 5) is 51.7. The predicted octanol–water partition coefficient (Wildman–Crippen LogP) is 4.23. The molecule has 2 atom stereocenters. The Labute approximate surface area is 263 Å². The van der Waals surface area contributed by atoms with Gasteiger partial charge >= 0.3 is 0 Å². The number of alkyl halides is 2. The summed E-state index contributed by atoms with van der Waals surface area (Å²) < 4.78 is 52.3. The lowest BCUT2D eigenvalue weighted by Gasteiger charge is -2.39. The van der Waals surface area contributed by atoms with Crippen LogP contribution in [0.4, 0.5) is 20.4 Å². The van der Waals surface area contributed by atoms with Crippen molar-refractivity contribution in [1.29, 1.82) is 5.26 Å². The van der Waals surface area contributed by atoms with E-state index >= 15 is 0 Å². The molecule has 236 valence electrons. The summed E-state index contributed by atoms with van der Waals surface area (Å²) in [5.41, 5.74) is 0.0571. The summed E-state index contributed by atoms with van der Waals surface area (Å²) in [7, 11) is -3.78. The van der Waals surface area contributed by atoms with E-state index in [0.29, 0.717) is 0 Å².